The van der Waals surface area contributed by atoms with Crippen LogP contribution in [-0.2, 0) is 0 Å². The minimum absolute atomic E-state index is 0.116. The second kappa shape index (κ2) is 4.48. The molecule has 4 heteroatoms. The molecule has 1 aromatic rings. The van der Waals surface area contributed by atoms with E-state index in [-0.39, 0.29) is 17.6 Å². The van der Waals surface area contributed by atoms with E-state index < -0.39 is 11.6 Å². The van der Waals surface area contributed by atoms with Crippen molar-refractivity contribution in [2.45, 2.75) is 25.3 Å². The third-order valence-electron chi connectivity index (χ3n) is 2.97. The Kier molecular flexibility index (Phi) is 3.04. The third-order valence-corrected chi connectivity index (χ3v) is 2.97. The van der Waals surface area contributed by atoms with Gasteiger partial charge in [0, 0.05) is 6.04 Å². The highest BCUT2D eigenvalue weighted by Crippen LogP contribution is 2.29. The molecule has 0 aliphatic heterocycles. The lowest BCUT2D eigenvalue weighted by molar-refractivity contribution is 0.568. The average molecular weight is 222 g/mol. The summed E-state index contributed by atoms with van der Waals surface area (Å²) in [6.07, 6.45) is 2.50. The maximum Gasteiger partial charge on any atom is 0.149 e. The Morgan fingerprint density at radius 2 is 1.94 bits per heavy atom. The lowest BCUT2D eigenvalue weighted by atomic mass is 10.1. The molecule has 1 saturated carbocycles. The number of anilines is 1. The van der Waals surface area contributed by atoms with E-state index in [0.717, 1.165) is 19.3 Å². The SMILES string of the molecule is N#CC1CCCC1Nc1c(F)cccc1F. The minimum Gasteiger partial charge on any atom is -0.376 e. The molecule has 1 fully saturated rings. The molecule has 0 aromatic heterocycles. The van der Waals surface area contributed by atoms with E-state index in [9.17, 15) is 8.78 Å². The van der Waals surface area contributed by atoms with Gasteiger partial charge < -0.3 is 5.32 Å². The lowest BCUT2D eigenvalue weighted by Crippen LogP contribution is -2.24. The highest BCUT2D eigenvalue weighted by atomic mass is 19.1. The van der Waals surface area contributed by atoms with Crippen molar-refractivity contribution in [1.29, 1.82) is 5.26 Å². The normalized spacial score (nSPS) is 24.1. The number of nitriles is 1. The van der Waals surface area contributed by atoms with Gasteiger partial charge in [0.05, 0.1) is 12.0 Å². The van der Waals surface area contributed by atoms with Crippen LogP contribution in [0.3, 0.4) is 0 Å². The van der Waals surface area contributed by atoms with E-state index in [2.05, 4.69) is 11.4 Å². The van der Waals surface area contributed by atoms with E-state index in [4.69, 9.17) is 5.26 Å². The van der Waals surface area contributed by atoms with Crippen molar-refractivity contribution < 1.29 is 8.78 Å². The van der Waals surface area contributed by atoms with E-state index in [1.54, 1.807) is 0 Å². The molecule has 0 saturated heterocycles. The second-order valence-electron chi connectivity index (χ2n) is 4.01. The Morgan fingerprint density at radius 3 is 2.56 bits per heavy atom. The van der Waals surface area contributed by atoms with Crippen molar-refractivity contribution in [3.05, 3.63) is 29.8 Å². The molecule has 1 N–H and O–H groups in total. The van der Waals surface area contributed by atoms with Crippen LogP contribution in [0.25, 0.3) is 0 Å². The van der Waals surface area contributed by atoms with Crippen LogP contribution in [0, 0.1) is 28.9 Å². The first-order valence-corrected chi connectivity index (χ1v) is 5.32. The van der Waals surface area contributed by atoms with Crippen LogP contribution in [0.5, 0.6) is 0 Å². The van der Waals surface area contributed by atoms with Gasteiger partial charge >= 0.3 is 0 Å². The summed E-state index contributed by atoms with van der Waals surface area (Å²) in [5.74, 6) is -1.37. The first-order valence-electron chi connectivity index (χ1n) is 5.32. The van der Waals surface area contributed by atoms with Gasteiger partial charge in [-0.2, -0.15) is 5.26 Å². The number of nitrogens with one attached hydrogen (secondary N) is 1. The van der Waals surface area contributed by atoms with Crippen molar-refractivity contribution in [2.75, 3.05) is 5.32 Å². The molecule has 2 rings (SSSR count). The highest BCUT2D eigenvalue weighted by Gasteiger charge is 2.28. The Morgan fingerprint density at radius 1 is 1.25 bits per heavy atom. The Labute approximate surface area is 92.9 Å². The van der Waals surface area contributed by atoms with Crippen LogP contribution in [-0.4, -0.2) is 6.04 Å². The molecule has 1 aromatic carbocycles. The average Bonchev–Trinajstić information content (AvgIpc) is 2.71. The van der Waals surface area contributed by atoms with Gasteiger partial charge in [-0.15, -0.1) is 0 Å². The molecule has 1 aliphatic rings. The summed E-state index contributed by atoms with van der Waals surface area (Å²) in [4.78, 5) is 0. The fourth-order valence-corrected chi connectivity index (χ4v) is 2.11. The summed E-state index contributed by atoms with van der Waals surface area (Å²) in [7, 11) is 0. The van der Waals surface area contributed by atoms with E-state index in [0.29, 0.717) is 0 Å². The van der Waals surface area contributed by atoms with Gasteiger partial charge in [-0.25, -0.2) is 8.78 Å². The number of hydrogen-bond acceptors (Lipinski definition) is 2. The fraction of sp³-hybridized carbons (Fsp3) is 0.417. The Hall–Kier alpha value is -1.63. The molecule has 84 valence electrons. The molecule has 0 radical (unpaired) electrons. The van der Waals surface area contributed by atoms with Gasteiger partial charge in [-0.05, 0) is 31.4 Å². The fourth-order valence-electron chi connectivity index (χ4n) is 2.11. The molecular formula is C12H12F2N2. The number of halogens is 2. The standard InChI is InChI=1S/C12H12F2N2/c13-9-4-2-5-10(14)12(9)16-11-6-1-3-8(11)7-15/h2,4-5,8,11,16H,1,3,6H2. The molecule has 1 aliphatic carbocycles. The van der Waals surface area contributed by atoms with Crippen molar-refractivity contribution >= 4 is 5.69 Å². The number of hydrogen-bond donors (Lipinski definition) is 1. The first kappa shape index (κ1) is 10.9. The topological polar surface area (TPSA) is 35.8 Å². The number of benzene rings is 1. The van der Waals surface area contributed by atoms with Crippen LogP contribution < -0.4 is 5.32 Å². The zero-order valence-corrected chi connectivity index (χ0v) is 8.71. The quantitative estimate of drug-likeness (QED) is 0.834. The van der Waals surface area contributed by atoms with Crippen LogP contribution in [0.4, 0.5) is 14.5 Å². The maximum atomic E-state index is 13.3. The zero-order chi connectivity index (χ0) is 11.5. The van der Waals surface area contributed by atoms with Crippen molar-refractivity contribution in [3.63, 3.8) is 0 Å². The Bertz CT molecular complexity index is 405. The van der Waals surface area contributed by atoms with E-state index in [1.807, 2.05) is 0 Å². The van der Waals surface area contributed by atoms with Crippen LogP contribution >= 0.6 is 0 Å². The molecule has 0 spiro atoms. The summed E-state index contributed by atoms with van der Waals surface area (Å²) in [6.45, 7) is 0. The number of rotatable bonds is 2. The van der Waals surface area contributed by atoms with Crippen molar-refractivity contribution in [3.8, 4) is 6.07 Å². The van der Waals surface area contributed by atoms with Crippen LogP contribution in [0.2, 0.25) is 0 Å². The Balaban J connectivity index is 2.18. The molecule has 2 atom stereocenters. The highest BCUT2D eigenvalue weighted by molar-refractivity contribution is 5.47. The molecule has 0 heterocycles. The van der Waals surface area contributed by atoms with Gasteiger partial charge in [0.1, 0.15) is 17.3 Å². The van der Waals surface area contributed by atoms with Gasteiger partial charge in [0.15, 0.2) is 0 Å². The van der Waals surface area contributed by atoms with Gasteiger partial charge in [-0.1, -0.05) is 6.07 Å². The van der Waals surface area contributed by atoms with Gasteiger partial charge in [-0.3, -0.25) is 0 Å². The van der Waals surface area contributed by atoms with Crippen molar-refractivity contribution in [1.82, 2.24) is 0 Å². The largest absolute Gasteiger partial charge is 0.376 e. The lowest BCUT2D eigenvalue weighted by Gasteiger charge is -2.17. The van der Waals surface area contributed by atoms with Gasteiger partial charge in [0.2, 0.25) is 0 Å². The summed E-state index contributed by atoms with van der Waals surface area (Å²) in [5, 5.41) is 11.7. The zero-order valence-electron chi connectivity index (χ0n) is 8.71. The summed E-state index contributed by atoms with van der Waals surface area (Å²) >= 11 is 0. The minimum atomic E-state index is -0.608. The van der Waals surface area contributed by atoms with E-state index in [1.165, 1.54) is 18.2 Å². The van der Waals surface area contributed by atoms with Gasteiger partial charge in [0.25, 0.3) is 0 Å². The van der Waals surface area contributed by atoms with E-state index >= 15 is 0 Å². The molecule has 2 nitrogen and oxygen atoms in total. The first-order chi connectivity index (χ1) is 7.72. The monoisotopic (exact) mass is 222 g/mol. The summed E-state index contributed by atoms with van der Waals surface area (Å²) in [6, 6.07) is 5.77. The van der Waals surface area contributed by atoms with Crippen molar-refractivity contribution in [2.24, 2.45) is 5.92 Å². The maximum absolute atomic E-state index is 13.3. The molecule has 0 amide bonds. The summed E-state index contributed by atoms with van der Waals surface area (Å²) < 4.78 is 26.7. The smallest absolute Gasteiger partial charge is 0.149 e. The molecule has 16 heavy (non-hydrogen) atoms. The van der Waals surface area contributed by atoms with Crippen LogP contribution in [0.1, 0.15) is 19.3 Å². The molecule has 2 unspecified atom stereocenters. The predicted molar refractivity (Wildman–Crippen MR) is 56.7 cm³/mol. The molecular weight excluding hydrogens is 210 g/mol. The number of nitrogens with zero attached hydrogens (tertiary/aromatic N) is 1. The predicted octanol–water partition coefficient (Wildman–Crippen LogP) is 3.07. The third kappa shape index (κ3) is 1.99. The number of para-hydroxylation sites is 1. The molecule has 0 bridgehead atoms. The van der Waals surface area contributed by atoms with Crippen LogP contribution in [0.15, 0.2) is 18.2 Å². The second-order valence-corrected chi connectivity index (χ2v) is 4.01. The summed E-state index contributed by atoms with van der Waals surface area (Å²) in [5.41, 5.74) is -0.116.